The number of nitrogens with two attached hydrogens (primary N) is 1. The van der Waals surface area contributed by atoms with Gasteiger partial charge in [-0.2, -0.15) is 0 Å². The van der Waals surface area contributed by atoms with Gasteiger partial charge in [0.05, 0.1) is 0 Å². The van der Waals surface area contributed by atoms with E-state index in [4.69, 9.17) is 5.73 Å². The summed E-state index contributed by atoms with van der Waals surface area (Å²) in [6, 6.07) is 65.3. The number of fused-ring (bicyclic) bond motifs is 9. The van der Waals surface area contributed by atoms with Gasteiger partial charge < -0.3 is 10.6 Å². The molecule has 13 rings (SSSR count). The van der Waals surface area contributed by atoms with Crippen LogP contribution in [0.15, 0.2) is 176 Å². The number of anilines is 4. The topological polar surface area (TPSA) is 29.3 Å². The van der Waals surface area contributed by atoms with Crippen molar-refractivity contribution >= 4 is 108 Å². The standard InChI is InChI=1S/C57H38N2S2/c1-57(2)49-31-37(59(36-23-27-53-48(30-36)42-14-4-6-19-52(42)60-53)38-22-25-43-41-13-3-5-18-51(41)61-54(43)32-38)21-24-40(49)45-17-9-15-39(56(45)57)34-20-26-50(58)47(28-34)46-29-35-12-7-10-33-11-8-16-44(46)55(33)35/h3-32H,58H2,1-2H3. The van der Waals surface area contributed by atoms with Gasteiger partial charge in [0.1, 0.15) is 0 Å². The average molecular weight is 815 g/mol. The molecule has 9 aromatic carbocycles. The van der Waals surface area contributed by atoms with Crippen molar-refractivity contribution in [2.45, 2.75) is 19.3 Å². The van der Waals surface area contributed by atoms with E-state index < -0.39 is 0 Å². The van der Waals surface area contributed by atoms with Crippen molar-refractivity contribution in [1.82, 2.24) is 0 Å². The highest BCUT2D eigenvalue weighted by molar-refractivity contribution is 7.26. The van der Waals surface area contributed by atoms with Crippen LogP contribution in [0.5, 0.6) is 0 Å². The van der Waals surface area contributed by atoms with Gasteiger partial charge in [-0.25, -0.2) is 0 Å². The predicted molar refractivity (Wildman–Crippen MR) is 265 cm³/mol. The second kappa shape index (κ2) is 12.8. The van der Waals surface area contributed by atoms with Crippen LogP contribution < -0.4 is 10.6 Å². The Bertz CT molecular complexity index is 3710. The Morgan fingerprint density at radius 2 is 1.10 bits per heavy atom. The molecule has 2 nitrogen and oxygen atoms in total. The van der Waals surface area contributed by atoms with Crippen LogP contribution in [0.2, 0.25) is 0 Å². The molecule has 0 amide bonds. The third-order valence-corrected chi connectivity index (χ3v) is 15.6. The summed E-state index contributed by atoms with van der Waals surface area (Å²) in [5.74, 6) is 0. The van der Waals surface area contributed by atoms with Crippen LogP contribution in [-0.4, -0.2) is 0 Å². The molecular formula is C57H38N2S2. The van der Waals surface area contributed by atoms with E-state index in [-0.39, 0.29) is 5.41 Å². The van der Waals surface area contributed by atoms with Gasteiger partial charge in [-0.15, -0.1) is 22.7 Å². The van der Waals surface area contributed by atoms with Crippen molar-refractivity contribution in [2.75, 3.05) is 10.6 Å². The Kier molecular flexibility index (Phi) is 7.29. The monoisotopic (exact) mass is 814 g/mol. The fourth-order valence-electron chi connectivity index (χ4n) is 10.5. The second-order valence-electron chi connectivity index (χ2n) is 17.1. The van der Waals surface area contributed by atoms with Gasteiger partial charge in [0.25, 0.3) is 0 Å². The van der Waals surface area contributed by atoms with Crippen LogP contribution in [0.3, 0.4) is 0 Å². The number of nitrogen functional groups attached to an aromatic ring is 1. The number of hydrogen-bond donors (Lipinski definition) is 1. The lowest BCUT2D eigenvalue weighted by atomic mass is 9.78. The highest BCUT2D eigenvalue weighted by atomic mass is 32.1. The summed E-state index contributed by atoms with van der Waals surface area (Å²) in [6.07, 6.45) is 2.31. The van der Waals surface area contributed by atoms with E-state index in [1.54, 1.807) is 0 Å². The predicted octanol–water partition coefficient (Wildman–Crippen LogP) is 16.5. The Labute approximate surface area is 362 Å². The lowest BCUT2D eigenvalue weighted by Crippen LogP contribution is -2.17. The highest BCUT2D eigenvalue weighted by Crippen LogP contribution is 2.55. The molecule has 0 fully saturated rings. The van der Waals surface area contributed by atoms with Crippen molar-refractivity contribution in [3.63, 3.8) is 0 Å². The number of nitrogens with zero attached hydrogens (tertiary/aromatic N) is 1. The third kappa shape index (κ3) is 5.07. The molecule has 11 aromatic rings. The maximum atomic E-state index is 6.84. The van der Waals surface area contributed by atoms with Crippen molar-refractivity contribution in [2.24, 2.45) is 0 Å². The molecule has 0 unspecified atom stereocenters. The molecule has 61 heavy (non-hydrogen) atoms. The summed E-state index contributed by atoms with van der Waals surface area (Å²) < 4.78 is 5.23. The first-order valence-electron chi connectivity index (χ1n) is 20.9. The number of rotatable bonds is 5. The van der Waals surface area contributed by atoms with Crippen LogP contribution >= 0.6 is 22.7 Å². The van der Waals surface area contributed by atoms with Gasteiger partial charge in [0.2, 0.25) is 0 Å². The molecule has 288 valence electrons. The quantitative estimate of drug-likeness (QED) is 0.175. The van der Waals surface area contributed by atoms with E-state index in [0.29, 0.717) is 0 Å². The molecule has 2 aliphatic carbocycles. The molecule has 0 radical (unpaired) electrons. The highest BCUT2D eigenvalue weighted by Gasteiger charge is 2.38. The minimum Gasteiger partial charge on any atom is -0.398 e. The van der Waals surface area contributed by atoms with Crippen molar-refractivity contribution in [1.29, 1.82) is 0 Å². The molecule has 0 atom stereocenters. The molecule has 2 heterocycles. The summed E-state index contributed by atoms with van der Waals surface area (Å²) in [7, 11) is 0. The van der Waals surface area contributed by atoms with Gasteiger partial charge in [-0.05, 0) is 134 Å². The Morgan fingerprint density at radius 1 is 0.459 bits per heavy atom. The average Bonchev–Trinajstić information content (AvgIpc) is 4.03. The summed E-state index contributed by atoms with van der Waals surface area (Å²) in [5.41, 5.74) is 23.3. The normalized spacial score (nSPS) is 13.7. The van der Waals surface area contributed by atoms with Gasteiger partial charge in [0.15, 0.2) is 0 Å². The molecule has 0 bridgehead atoms. The van der Waals surface area contributed by atoms with E-state index in [1.165, 1.54) is 101 Å². The maximum absolute atomic E-state index is 6.84. The maximum Gasteiger partial charge on any atom is 0.0476 e. The van der Waals surface area contributed by atoms with E-state index in [9.17, 15) is 0 Å². The SMILES string of the molecule is CC1(C)c2cc(N(c3ccc4c(c3)sc3ccccc34)c3ccc4sc5ccccc5c4c3)ccc2-c2cccc(-c3ccc(N)c(C4=Cc5cccc6cccc4c56)c3)c21. The molecule has 0 saturated carbocycles. The summed E-state index contributed by atoms with van der Waals surface area (Å²) in [6.45, 7) is 4.80. The first kappa shape index (κ1) is 34.8. The van der Waals surface area contributed by atoms with Gasteiger partial charge >= 0.3 is 0 Å². The molecule has 2 aromatic heterocycles. The van der Waals surface area contributed by atoms with Crippen molar-refractivity contribution in [3.8, 4) is 22.3 Å². The molecule has 2 N–H and O–H groups in total. The lowest BCUT2D eigenvalue weighted by molar-refractivity contribution is 0.662. The molecule has 4 heteroatoms. The van der Waals surface area contributed by atoms with Crippen LogP contribution in [0.1, 0.15) is 41.7 Å². The van der Waals surface area contributed by atoms with Crippen molar-refractivity contribution in [3.05, 3.63) is 204 Å². The second-order valence-corrected chi connectivity index (χ2v) is 19.3. The fraction of sp³-hybridized carbons (Fsp3) is 0.0526. The van der Waals surface area contributed by atoms with E-state index in [0.717, 1.165) is 28.3 Å². The minimum absolute atomic E-state index is 0.276. The molecule has 0 saturated heterocycles. The summed E-state index contributed by atoms with van der Waals surface area (Å²) in [5, 5.41) is 7.78. The summed E-state index contributed by atoms with van der Waals surface area (Å²) >= 11 is 3.73. The minimum atomic E-state index is -0.276. The molecule has 0 spiro atoms. The van der Waals surface area contributed by atoms with Gasteiger partial charge in [-0.1, -0.05) is 123 Å². The summed E-state index contributed by atoms with van der Waals surface area (Å²) in [4.78, 5) is 2.47. The van der Waals surface area contributed by atoms with Crippen LogP contribution in [0.4, 0.5) is 22.7 Å². The first-order valence-corrected chi connectivity index (χ1v) is 22.6. The molecular weight excluding hydrogens is 777 g/mol. The zero-order valence-corrected chi connectivity index (χ0v) is 35.3. The Hall–Kier alpha value is -6.98. The smallest absolute Gasteiger partial charge is 0.0476 e. The van der Waals surface area contributed by atoms with Gasteiger partial charge in [-0.3, -0.25) is 0 Å². The lowest BCUT2D eigenvalue weighted by Gasteiger charge is -2.29. The Morgan fingerprint density at radius 3 is 1.95 bits per heavy atom. The number of thiophene rings is 2. The van der Waals surface area contributed by atoms with E-state index >= 15 is 0 Å². The first-order chi connectivity index (χ1) is 29.9. The van der Waals surface area contributed by atoms with Crippen molar-refractivity contribution < 1.29 is 0 Å². The number of benzene rings is 9. The largest absolute Gasteiger partial charge is 0.398 e. The van der Waals surface area contributed by atoms with E-state index in [2.05, 4.69) is 201 Å². The van der Waals surface area contributed by atoms with Crippen LogP contribution in [0, 0.1) is 0 Å². The van der Waals surface area contributed by atoms with Crippen LogP contribution in [-0.2, 0) is 5.41 Å². The van der Waals surface area contributed by atoms with Crippen LogP contribution in [0.25, 0.3) is 85.0 Å². The van der Waals surface area contributed by atoms with Gasteiger partial charge in [0, 0.05) is 74.1 Å². The zero-order chi connectivity index (χ0) is 40.6. The zero-order valence-electron chi connectivity index (χ0n) is 33.7. The van der Waals surface area contributed by atoms with E-state index in [1.807, 2.05) is 22.7 Å². The Balaban J connectivity index is 0.956. The third-order valence-electron chi connectivity index (χ3n) is 13.3. The molecule has 2 aliphatic rings. The molecule has 0 aliphatic heterocycles. The fourth-order valence-corrected chi connectivity index (χ4v) is 12.8. The number of hydrogen-bond acceptors (Lipinski definition) is 4.